The molecular formula is C14H23N3S. The maximum absolute atomic E-state index is 5.28. The molecular weight excluding hydrogens is 242 g/mol. The summed E-state index contributed by atoms with van der Waals surface area (Å²) >= 11 is 5.28. The van der Waals surface area contributed by atoms with Crippen LogP contribution < -0.4 is 10.6 Å². The molecule has 0 aliphatic rings. The van der Waals surface area contributed by atoms with Gasteiger partial charge in [0.25, 0.3) is 0 Å². The van der Waals surface area contributed by atoms with Gasteiger partial charge in [0.05, 0.1) is 0 Å². The van der Waals surface area contributed by atoms with E-state index in [0.717, 1.165) is 25.2 Å². The van der Waals surface area contributed by atoms with Crippen molar-refractivity contribution in [2.45, 2.75) is 20.3 Å². The molecule has 0 aliphatic carbocycles. The number of rotatable bonds is 5. The molecule has 0 amide bonds. The van der Waals surface area contributed by atoms with E-state index in [1.807, 2.05) is 6.07 Å². The Labute approximate surface area is 116 Å². The van der Waals surface area contributed by atoms with Gasteiger partial charge in [0, 0.05) is 12.2 Å². The number of hydrogen-bond acceptors (Lipinski definition) is 2. The zero-order valence-corrected chi connectivity index (χ0v) is 12.5. The first-order chi connectivity index (χ1) is 8.50. The van der Waals surface area contributed by atoms with Crippen LogP contribution in [0.3, 0.4) is 0 Å². The second kappa shape index (κ2) is 7.34. The summed E-state index contributed by atoms with van der Waals surface area (Å²) < 4.78 is 0. The molecule has 2 N–H and O–H groups in total. The molecule has 0 bridgehead atoms. The quantitative estimate of drug-likeness (QED) is 0.632. The summed E-state index contributed by atoms with van der Waals surface area (Å²) in [6.45, 7) is 6.17. The van der Waals surface area contributed by atoms with Gasteiger partial charge in [0.2, 0.25) is 0 Å². The SMILES string of the molecule is Cc1cccc(NC(=S)NCCCN(C)C)c1C. The fourth-order valence-electron chi connectivity index (χ4n) is 1.65. The van der Waals surface area contributed by atoms with Crippen LogP contribution in [0.5, 0.6) is 0 Å². The molecule has 0 fully saturated rings. The highest BCUT2D eigenvalue weighted by Gasteiger charge is 2.02. The van der Waals surface area contributed by atoms with Gasteiger partial charge in [-0.25, -0.2) is 0 Å². The minimum Gasteiger partial charge on any atom is -0.362 e. The first-order valence-corrected chi connectivity index (χ1v) is 6.67. The Morgan fingerprint density at radius 2 is 2.00 bits per heavy atom. The predicted molar refractivity (Wildman–Crippen MR) is 83.3 cm³/mol. The molecule has 1 aromatic carbocycles. The molecule has 0 unspecified atom stereocenters. The number of aryl methyl sites for hydroxylation is 1. The van der Waals surface area contributed by atoms with Crippen LogP contribution in [0.15, 0.2) is 18.2 Å². The van der Waals surface area contributed by atoms with E-state index in [4.69, 9.17) is 12.2 Å². The highest BCUT2D eigenvalue weighted by Crippen LogP contribution is 2.17. The first-order valence-electron chi connectivity index (χ1n) is 6.26. The Hall–Kier alpha value is -1.13. The van der Waals surface area contributed by atoms with E-state index in [1.54, 1.807) is 0 Å². The average molecular weight is 265 g/mol. The summed E-state index contributed by atoms with van der Waals surface area (Å²) in [5, 5.41) is 7.17. The fourth-order valence-corrected chi connectivity index (χ4v) is 1.86. The zero-order valence-electron chi connectivity index (χ0n) is 11.7. The second-order valence-electron chi connectivity index (χ2n) is 4.79. The van der Waals surface area contributed by atoms with Crippen LogP contribution in [0, 0.1) is 13.8 Å². The molecule has 0 aliphatic heterocycles. The normalized spacial score (nSPS) is 10.5. The lowest BCUT2D eigenvalue weighted by Gasteiger charge is -2.14. The molecule has 0 spiro atoms. The number of thiocarbonyl (C=S) groups is 1. The Morgan fingerprint density at radius 1 is 1.28 bits per heavy atom. The summed E-state index contributed by atoms with van der Waals surface area (Å²) in [4.78, 5) is 2.17. The minimum atomic E-state index is 0.697. The average Bonchev–Trinajstić information content (AvgIpc) is 2.30. The standard InChI is InChI=1S/C14H23N3S/c1-11-7-5-8-13(12(11)2)16-14(18)15-9-6-10-17(3)4/h5,7-8H,6,9-10H2,1-4H3,(H2,15,16,18). The van der Waals surface area contributed by atoms with E-state index < -0.39 is 0 Å². The summed E-state index contributed by atoms with van der Waals surface area (Å²) in [6, 6.07) is 6.20. The molecule has 3 nitrogen and oxygen atoms in total. The molecule has 4 heteroatoms. The second-order valence-corrected chi connectivity index (χ2v) is 5.19. The maximum atomic E-state index is 5.28. The molecule has 18 heavy (non-hydrogen) atoms. The summed E-state index contributed by atoms with van der Waals surface area (Å²) in [7, 11) is 4.15. The number of nitrogens with one attached hydrogen (secondary N) is 2. The van der Waals surface area contributed by atoms with Gasteiger partial charge in [0.1, 0.15) is 0 Å². The molecule has 0 atom stereocenters. The topological polar surface area (TPSA) is 27.3 Å². The minimum absolute atomic E-state index is 0.697. The van der Waals surface area contributed by atoms with E-state index in [1.165, 1.54) is 11.1 Å². The van der Waals surface area contributed by atoms with Crippen LogP contribution >= 0.6 is 12.2 Å². The third-order valence-corrected chi connectivity index (χ3v) is 3.17. The van der Waals surface area contributed by atoms with Gasteiger partial charge in [0.15, 0.2) is 5.11 Å². The van der Waals surface area contributed by atoms with Gasteiger partial charge < -0.3 is 15.5 Å². The van der Waals surface area contributed by atoms with Crippen LogP contribution in [0.25, 0.3) is 0 Å². The number of benzene rings is 1. The smallest absolute Gasteiger partial charge is 0.170 e. The van der Waals surface area contributed by atoms with Crippen molar-refractivity contribution < 1.29 is 0 Å². The molecule has 0 aromatic heterocycles. The number of hydrogen-bond donors (Lipinski definition) is 2. The predicted octanol–water partition coefficient (Wildman–Crippen LogP) is 2.54. The summed E-state index contributed by atoms with van der Waals surface area (Å²) in [5.74, 6) is 0. The Bertz CT molecular complexity index is 402. The first kappa shape index (κ1) is 14.9. The van der Waals surface area contributed by atoms with Gasteiger partial charge in [-0.2, -0.15) is 0 Å². The number of nitrogens with zero attached hydrogens (tertiary/aromatic N) is 1. The van der Waals surface area contributed by atoms with Crippen molar-refractivity contribution in [3.63, 3.8) is 0 Å². The van der Waals surface area contributed by atoms with Gasteiger partial charge in [-0.1, -0.05) is 12.1 Å². The molecule has 1 rings (SSSR count). The Balaban J connectivity index is 2.38. The molecule has 1 aromatic rings. The zero-order chi connectivity index (χ0) is 13.5. The van der Waals surface area contributed by atoms with Gasteiger partial charge in [-0.3, -0.25) is 0 Å². The maximum Gasteiger partial charge on any atom is 0.170 e. The molecule has 0 saturated heterocycles. The van der Waals surface area contributed by atoms with Crippen LogP contribution in [0.2, 0.25) is 0 Å². The van der Waals surface area contributed by atoms with Crippen molar-refractivity contribution in [3.05, 3.63) is 29.3 Å². The van der Waals surface area contributed by atoms with Crippen LogP contribution in [-0.4, -0.2) is 37.2 Å². The molecule has 0 saturated carbocycles. The molecule has 100 valence electrons. The monoisotopic (exact) mass is 265 g/mol. The Morgan fingerprint density at radius 3 is 2.67 bits per heavy atom. The van der Waals surface area contributed by atoms with Gasteiger partial charge in [-0.05, 0) is 70.3 Å². The van der Waals surface area contributed by atoms with Crippen molar-refractivity contribution in [2.24, 2.45) is 0 Å². The largest absolute Gasteiger partial charge is 0.362 e. The van der Waals surface area contributed by atoms with E-state index in [2.05, 4.69) is 55.6 Å². The lowest BCUT2D eigenvalue weighted by atomic mass is 10.1. The van der Waals surface area contributed by atoms with E-state index in [9.17, 15) is 0 Å². The van der Waals surface area contributed by atoms with E-state index in [-0.39, 0.29) is 0 Å². The van der Waals surface area contributed by atoms with Crippen molar-refractivity contribution in [3.8, 4) is 0 Å². The lowest BCUT2D eigenvalue weighted by molar-refractivity contribution is 0.400. The fraction of sp³-hybridized carbons (Fsp3) is 0.500. The van der Waals surface area contributed by atoms with Crippen LogP contribution in [-0.2, 0) is 0 Å². The third kappa shape index (κ3) is 5.02. The summed E-state index contributed by atoms with van der Waals surface area (Å²) in [6.07, 6.45) is 1.08. The molecule has 0 heterocycles. The Kier molecular flexibility index (Phi) is 6.09. The van der Waals surface area contributed by atoms with Gasteiger partial charge in [-0.15, -0.1) is 0 Å². The van der Waals surface area contributed by atoms with Crippen LogP contribution in [0.1, 0.15) is 17.5 Å². The third-order valence-electron chi connectivity index (χ3n) is 2.92. The van der Waals surface area contributed by atoms with E-state index >= 15 is 0 Å². The van der Waals surface area contributed by atoms with E-state index in [0.29, 0.717) is 5.11 Å². The van der Waals surface area contributed by atoms with Crippen molar-refractivity contribution in [1.29, 1.82) is 0 Å². The van der Waals surface area contributed by atoms with Crippen LogP contribution in [0.4, 0.5) is 5.69 Å². The summed E-state index contributed by atoms with van der Waals surface area (Å²) in [5.41, 5.74) is 3.60. The van der Waals surface area contributed by atoms with Crippen molar-refractivity contribution in [1.82, 2.24) is 10.2 Å². The van der Waals surface area contributed by atoms with Gasteiger partial charge >= 0.3 is 0 Å². The highest BCUT2D eigenvalue weighted by molar-refractivity contribution is 7.80. The lowest BCUT2D eigenvalue weighted by Crippen LogP contribution is -2.31. The number of anilines is 1. The van der Waals surface area contributed by atoms with Crippen molar-refractivity contribution in [2.75, 3.05) is 32.5 Å². The highest BCUT2D eigenvalue weighted by atomic mass is 32.1. The molecule has 0 radical (unpaired) electrons. The van der Waals surface area contributed by atoms with Crippen molar-refractivity contribution >= 4 is 23.0 Å².